The third kappa shape index (κ3) is 5.21. The number of hydrogen-bond acceptors (Lipinski definition) is 5. The fraction of sp³-hybridized carbons (Fsp3) is 0.348. The molecule has 1 heterocycles. The lowest BCUT2D eigenvalue weighted by atomic mass is 9.79. The Morgan fingerprint density at radius 3 is 2.55 bits per heavy atom. The fourth-order valence-electron chi connectivity index (χ4n) is 3.14. The summed E-state index contributed by atoms with van der Waals surface area (Å²) in [6.07, 6.45) is 2.31. The second kappa shape index (κ2) is 9.65. The van der Waals surface area contributed by atoms with Crippen molar-refractivity contribution in [3.63, 3.8) is 0 Å². The molecule has 0 bridgehead atoms. The number of ether oxygens (including phenoxy) is 1. The predicted octanol–water partition coefficient (Wildman–Crippen LogP) is 4.26. The molecule has 0 saturated carbocycles. The van der Waals surface area contributed by atoms with Gasteiger partial charge < -0.3 is 10.1 Å². The Labute approximate surface area is 175 Å². The number of nitrogens with one attached hydrogen (secondary N) is 1. The van der Waals surface area contributed by atoms with Crippen molar-refractivity contribution in [2.24, 2.45) is 0 Å². The Bertz CT molecular complexity index is 937. The summed E-state index contributed by atoms with van der Waals surface area (Å²) in [6, 6.07) is 17.5. The first-order valence-corrected chi connectivity index (χ1v) is 10.7. The average molecular weight is 411 g/mol. The van der Waals surface area contributed by atoms with E-state index in [0.29, 0.717) is 13.0 Å². The molecule has 0 fully saturated rings. The van der Waals surface area contributed by atoms with Gasteiger partial charge >= 0.3 is 5.97 Å². The second-order valence-corrected chi connectivity index (χ2v) is 8.35. The molecule has 0 unspecified atom stereocenters. The lowest BCUT2D eigenvalue weighted by Crippen LogP contribution is -2.39. The molecule has 0 radical (unpaired) electrons. The monoisotopic (exact) mass is 410 g/mol. The van der Waals surface area contributed by atoms with Crippen LogP contribution in [0.25, 0.3) is 10.2 Å². The zero-order valence-corrected chi connectivity index (χ0v) is 17.6. The number of hydrogen-bond donors (Lipinski definition) is 1. The minimum absolute atomic E-state index is 0.273. The molecule has 5 nitrogen and oxygen atoms in total. The van der Waals surface area contributed by atoms with Gasteiger partial charge in [0.05, 0.1) is 20.6 Å². The highest BCUT2D eigenvalue weighted by molar-refractivity contribution is 7.18. The van der Waals surface area contributed by atoms with Crippen molar-refractivity contribution in [3.05, 3.63) is 65.2 Å². The van der Waals surface area contributed by atoms with E-state index in [1.807, 2.05) is 61.5 Å². The number of esters is 1. The SMILES string of the molecule is CCCCNC(=O)COC(=O)[C@@](C)(Cc1nc2ccccc2s1)c1ccccc1. The Morgan fingerprint density at radius 1 is 1.10 bits per heavy atom. The normalized spacial score (nSPS) is 13.0. The maximum atomic E-state index is 13.1. The standard InChI is InChI=1S/C23H26N2O3S/c1-3-4-14-24-20(26)16-28-22(27)23(2,17-10-6-5-7-11-17)15-21-25-18-12-8-9-13-19(18)29-21/h5-13H,3-4,14-16H2,1-2H3,(H,24,26)/t23-/m0/s1. The minimum Gasteiger partial charge on any atom is -0.455 e. The van der Waals surface area contributed by atoms with Crippen LogP contribution in [-0.2, 0) is 26.2 Å². The van der Waals surface area contributed by atoms with E-state index in [1.165, 1.54) is 0 Å². The molecular formula is C23H26N2O3S. The number of fused-ring (bicyclic) bond motifs is 1. The highest BCUT2D eigenvalue weighted by Crippen LogP contribution is 2.33. The van der Waals surface area contributed by atoms with E-state index < -0.39 is 11.4 Å². The Morgan fingerprint density at radius 2 is 1.83 bits per heavy atom. The van der Waals surface area contributed by atoms with Gasteiger partial charge in [0.25, 0.3) is 5.91 Å². The molecule has 152 valence electrons. The van der Waals surface area contributed by atoms with Gasteiger partial charge in [-0.2, -0.15) is 0 Å². The maximum Gasteiger partial charge on any atom is 0.317 e. The van der Waals surface area contributed by atoms with Crippen LogP contribution in [0.4, 0.5) is 0 Å². The van der Waals surface area contributed by atoms with Crippen LogP contribution in [0.15, 0.2) is 54.6 Å². The van der Waals surface area contributed by atoms with E-state index in [0.717, 1.165) is 33.6 Å². The lowest BCUT2D eigenvalue weighted by molar-refractivity contribution is -0.154. The van der Waals surface area contributed by atoms with Crippen LogP contribution in [0.5, 0.6) is 0 Å². The molecule has 1 amide bonds. The molecule has 1 aromatic heterocycles. The number of carbonyl (C=O) groups is 2. The van der Waals surface area contributed by atoms with Crippen molar-refractivity contribution in [3.8, 4) is 0 Å². The van der Waals surface area contributed by atoms with Crippen molar-refractivity contribution in [1.29, 1.82) is 0 Å². The number of benzene rings is 2. The van der Waals surface area contributed by atoms with Crippen LogP contribution in [-0.4, -0.2) is 30.0 Å². The number of rotatable bonds is 9. The molecule has 0 saturated heterocycles. The quantitative estimate of drug-likeness (QED) is 0.423. The first kappa shape index (κ1) is 21.0. The summed E-state index contributed by atoms with van der Waals surface area (Å²) in [7, 11) is 0. The Hall–Kier alpha value is -2.73. The first-order valence-electron chi connectivity index (χ1n) is 9.87. The van der Waals surface area contributed by atoms with Crippen LogP contribution < -0.4 is 5.32 Å². The highest BCUT2D eigenvalue weighted by Gasteiger charge is 2.38. The van der Waals surface area contributed by atoms with Gasteiger partial charge in [-0.05, 0) is 31.0 Å². The van der Waals surface area contributed by atoms with Gasteiger partial charge in [-0.1, -0.05) is 55.8 Å². The molecule has 0 aliphatic carbocycles. The topological polar surface area (TPSA) is 68.3 Å². The largest absolute Gasteiger partial charge is 0.455 e. The molecule has 0 aliphatic rings. The molecule has 6 heteroatoms. The molecule has 3 aromatic rings. The van der Waals surface area contributed by atoms with Crippen LogP contribution in [0, 0.1) is 0 Å². The van der Waals surface area contributed by atoms with E-state index in [9.17, 15) is 9.59 Å². The minimum atomic E-state index is -0.932. The molecular weight excluding hydrogens is 384 g/mol. The van der Waals surface area contributed by atoms with Crippen LogP contribution >= 0.6 is 11.3 Å². The van der Waals surface area contributed by atoms with Crippen LogP contribution in [0.2, 0.25) is 0 Å². The summed E-state index contributed by atoms with van der Waals surface area (Å²) >= 11 is 1.58. The van der Waals surface area contributed by atoms with Gasteiger partial charge in [0.1, 0.15) is 0 Å². The van der Waals surface area contributed by atoms with Crippen molar-refractivity contribution >= 4 is 33.4 Å². The zero-order valence-electron chi connectivity index (χ0n) is 16.8. The number of thiazole rings is 1. The summed E-state index contributed by atoms with van der Waals surface area (Å²) in [5.74, 6) is -0.698. The van der Waals surface area contributed by atoms with E-state index >= 15 is 0 Å². The maximum absolute atomic E-state index is 13.1. The average Bonchev–Trinajstić information content (AvgIpc) is 3.14. The first-order chi connectivity index (χ1) is 14.0. The van der Waals surface area contributed by atoms with Gasteiger partial charge in [0, 0.05) is 13.0 Å². The van der Waals surface area contributed by atoms with Gasteiger partial charge in [-0.3, -0.25) is 9.59 Å². The predicted molar refractivity (Wildman–Crippen MR) is 116 cm³/mol. The molecule has 0 spiro atoms. The number of aromatic nitrogens is 1. The number of carbonyl (C=O) groups excluding carboxylic acids is 2. The lowest BCUT2D eigenvalue weighted by Gasteiger charge is -2.27. The zero-order chi connectivity index (χ0) is 20.7. The van der Waals surface area contributed by atoms with Crippen molar-refractivity contribution in [2.75, 3.05) is 13.2 Å². The third-order valence-corrected chi connectivity index (χ3v) is 5.93. The summed E-state index contributed by atoms with van der Waals surface area (Å²) in [6.45, 7) is 4.23. The van der Waals surface area contributed by atoms with Crippen LogP contribution in [0.1, 0.15) is 37.3 Å². The molecule has 2 aromatic carbocycles. The second-order valence-electron chi connectivity index (χ2n) is 7.23. The highest BCUT2D eigenvalue weighted by atomic mass is 32.1. The Kier molecular flexibility index (Phi) is 6.99. The number of para-hydroxylation sites is 1. The molecule has 3 rings (SSSR count). The van der Waals surface area contributed by atoms with E-state index in [4.69, 9.17) is 4.74 Å². The van der Waals surface area contributed by atoms with Crippen molar-refractivity contribution < 1.29 is 14.3 Å². The summed E-state index contributed by atoms with van der Waals surface area (Å²) in [5, 5.41) is 3.63. The summed E-state index contributed by atoms with van der Waals surface area (Å²) < 4.78 is 6.51. The van der Waals surface area contributed by atoms with E-state index in [2.05, 4.69) is 17.2 Å². The molecule has 29 heavy (non-hydrogen) atoms. The van der Waals surface area contributed by atoms with E-state index in [-0.39, 0.29) is 12.5 Å². The summed E-state index contributed by atoms with van der Waals surface area (Å²) in [5.41, 5.74) is 0.834. The Balaban J connectivity index is 1.78. The van der Waals surface area contributed by atoms with Gasteiger partial charge in [-0.15, -0.1) is 11.3 Å². The number of amides is 1. The van der Waals surface area contributed by atoms with Crippen molar-refractivity contribution in [2.45, 2.75) is 38.5 Å². The number of nitrogens with zero attached hydrogens (tertiary/aromatic N) is 1. The van der Waals surface area contributed by atoms with Crippen molar-refractivity contribution in [1.82, 2.24) is 10.3 Å². The van der Waals surface area contributed by atoms with Gasteiger partial charge in [0.15, 0.2) is 6.61 Å². The molecule has 1 N–H and O–H groups in total. The molecule has 1 atom stereocenters. The molecule has 0 aliphatic heterocycles. The smallest absolute Gasteiger partial charge is 0.317 e. The third-order valence-electron chi connectivity index (χ3n) is 4.89. The van der Waals surface area contributed by atoms with Crippen LogP contribution in [0.3, 0.4) is 0 Å². The number of unbranched alkanes of at least 4 members (excludes halogenated alkanes) is 1. The fourth-order valence-corrected chi connectivity index (χ4v) is 4.27. The van der Waals surface area contributed by atoms with Gasteiger partial charge in [0.2, 0.25) is 0 Å². The summed E-state index contributed by atoms with van der Waals surface area (Å²) in [4.78, 5) is 29.7. The van der Waals surface area contributed by atoms with Gasteiger partial charge in [-0.25, -0.2) is 4.98 Å². The van der Waals surface area contributed by atoms with E-state index in [1.54, 1.807) is 11.3 Å².